The van der Waals surface area contributed by atoms with Crippen LogP contribution in [0.25, 0.3) is 11.1 Å². The predicted molar refractivity (Wildman–Crippen MR) is 41.4 cm³/mol. The second-order valence-electron chi connectivity index (χ2n) is 2.27. The van der Waals surface area contributed by atoms with Gasteiger partial charge in [-0.05, 0) is 17.3 Å². The SMILES string of the molecule is ON=c1cnc2ccccc2o1. The topological polar surface area (TPSA) is 58.6 Å². The number of fused-ring (bicyclic) bond motifs is 1. The molecule has 0 radical (unpaired) electrons. The molecule has 0 atom stereocenters. The van der Waals surface area contributed by atoms with Crippen molar-refractivity contribution in [1.29, 1.82) is 0 Å². The van der Waals surface area contributed by atoms with Crippen molar-refractivity contribution >= 4 is 11.1 Å². The van der Waals surface area contributed by atoms with Gasteiger partial charge in [0.05, 0.1) is 6.20 Å². The van der Waals surface area contributed by atoms with Crippen molar-refractivity contribution in [3.63, 3.8) is 0 Å². The third-order valence-electron chi connectivity index (χ3n) is 1.49. The molecule has 1 heterocycles. The lowest BCUT2D eigenvalue weighted by Crippen LogP contribution is -2.00. The normalized spacial score (nSPS) is 12.2. The van der Waals surface area contributed by atoms with E-state index >= 15 is 0 Å². The molecule has 2 rings (SSSR count). The quantitative estimate of drug-likeness (QED) is 0.466. The van der Waals surface area contributed by atoms with E-state index in [1.54, 1.807) is 6.07 Å². The molecule has 1 aromatic heterocycles. The van der Waals surface area contributed by atoms with Crippen molar-refractivity contribution in [3.05, 3.63) is 36.0 Å². The molecule has 0 saturated heterocycles. The maximum atomic E-state index is 8.39. The number of hydrogen-bond acceptors (Lipinski definition) is 4. The number of benzene rings is 1. The van der Waals surface area contributed by atoms with Gasteiger partial charge in [-0.2, -0.15) is 0 Å². The van der Waals surface area contributed by atoms with Crippen LogP contribution in [0.1, 0.15) is 0 Å². The summed E-state index contributed by atoms with van der Waals surface area (Å²) in [5.74, 6) is 0. The van der Waals surface area contributed by atoms with E-state index in [0.29, 0.717) is 5.58 Å². The van der Waals surface area contributed by atoms with Gasteiger partial charge < -0.3 is 9.62 Å². The molecule has 0 saturated carbocycles. The van der Waals surface area contributed by atoms with E-state index in [2.05, 4.69) is 10.1 Å². The van der Waals surface area contributed by atoms with Crippen LogP contribution in [0.4, 0.5) is 0 Å². The summed E-state index contributed by atoms with van der Waals surface area (Å²) in [4.78, 5) is 4.00. The van der Waals surface area contributed by atoms with E-state index in [-0.39, 0.29) is 5.55 Å². The number of hydrogen-bond donors (Lipinski definition) is 1. The minimum absolute atomic E-state index is 0.105. The highest BCUT2D eigenvalue weighted by molar-refractivity contribution is 5.70. The van der Waals surface area contributed by atoms with Gasteiger partial charge in [-0.1, -0.05) is 12.1 Å². The Hall–Kier alpha value is -1.84. The first-order valence-electron chi connectivity index (χ1n) is 3.43. The number of rotatable bonds is 0. The number of para-hydroxylation sites is 2. The molecule has 60 valence electrons. The van der Waals surface area contributed by atoms with E-state index in [0.717, 1.165) is 5.52 Å². The molecule has 12 heavy (non-hydrogen) atoms. The van der Waals surface area contributed by atoms with E-state index in [4.69, 9.17) is 9.62 Å². The Morgan fingerprint density at radius 1 is 1.33 bits per heavy atom. The van der Waals surface area contributed by atoms with Gasteiger partial charge >= 0.3 is 0 Å². The molecule has 1 N–H and O–H groups in total. The van der Waals surface area contributed by atoms with Gasteiger partial charge in [0.15, 0.2) is 5.58 Å². The summed E-state index contributed by atoms with van der Waals surface area (Å²) in [6.07, 6.45) is 1.36. The van der Waals surface area contributed by atoms with Crippen molar-refractivity contribution in [2.45, 2.75) is 0 Å². The molecule has 0 spiro atoms. The van der Waals surface area contributed by atoms with Crippen LogP contribution in [0.2, 0.25) is 0 Å². The molecule has 4 nitrogen and oxygen atoms in total. The number of aromatic nitrogens is 1. The van der Waals surface area contributed by atoms with Gasteiger partial charge in [-0.3, -0.25) is 0 Å². The second-order valence-corrected chi connectivity index (χ2v) is 2.27. The summed E-state index contributed by atoms with van der Waals surface area (Å²) < 4.78 is 5.13. The minimum Gasteiger partial charge on any atom is -0.433 e. The lowest BCUT2D eigenvalue weighted by molar-refractivity contribution is 0.276. The highest BCUT2D eigenvalue weighted by Gasteiger charge is 1.93. The molecule has 0 fully saturated rings. The predicted octanol–water partition coefficient (Wildman–Crippen LogP) is 1.12. The summed E-state index contributed by atoms with van der Waals surface area (Å²) >= 11 is 0. The highest BCUT2D eigenvalue weighted by Crippen LogP contribution is 2.05. The van der Waals surface area contributed by atoms with E-state index in [1.165, 1.54) is 6.20 Å². The minimum atomic E-state index is 0.105. The molecule has 0 aliphatic carbocycles. The first-order chi connectivity index (χ1) is 5.90. The Balaban J connectivity index is 2.85. The van der Waals surface area contributed by atoms with E-state index in [9.17, 15) is 0 Å². The molecule has 1 aromatic carbocycles. The summed E-state index contributed by atoms with van der Waals surface area (Å²) in [5, 5.41) is 11.3. The maximum Gasteiger partial charge on any atom is 0.274 e. The lowest BCUT2D eigenvalue weighted by Gasteiger charge is -1.92. The van der Waals surface area contributed by atoms with Gasteiger partial charge in [0.1, 0.15) is 5.52 Å². The van der Waals surface area contributed by atoms with Gasteiger partial charge in [-0.15, -0.1) is 0 Å². The molecule has 0 aliphatic heterocycles. The Morgan fingerprint density at radius 3 is 3.00 bits per heavy atom. The monoisotopic (exact) mass is 162 g/mol. The zero-order chi connectivity index (χ0) is 8.39. The largest absolute Gasteiger partial charge is 0.433 e. The molecule has 4 heteroatoms. The second kappa shape index (κ2) is 2.65. The van der Waals surface area contributed by atoms with Crippen molar-refractivity contribution in [2.24, 2.45) is 5.16 Å². The average Bonchev–Trinajstić information content (AvgIpc) is 2.17. The Kier molecular flexibility index (Phi) is 1.51. The van der Waals surface area contributed by atoms with E-state index in [1.807, 2.05) is 18.2 Å². The first kappa shape index (κ1) is 6.84. The zero-order valence-corrected chi connectivity index (χ0v) is 6.14. The van der Waals surface area contributed by atoms with Crippen LogP contribution in [-0.2, 0) is 0 Å². The Labute approximate surface area is 67.8 Å². The Bertz CT molecular complexity index is 462. The average molecular weight is 162 g/mol. The van der Waals surface area contributed by atoms with Crippen LogP contribution in [0.3, 0.4) is 0 Å². The summed E-state index contributed by atoms with van der Waals surface area (Å²) in [5.41, 5.74) is 1.45. The molecule has 2 aromatic rings. The molecular weight excluding hydrogens is 156 g/mol. The van der Waals surface area contributed by atoms with E-state index < -0.39 is 0 Å². The maximum absolute atomic E-state index is 8.39. The van der Waals surface area contributed by atoms with Crippen LogP contribution >= 0.6 is 0 Å². The van der Waals surface area contributed by atoms with Crippen molar-refractivity contribution in [3.8, 4) is 0 Å². The van der Waals surface area contributed by atoms with Crippen molar-refractivity contribution in [1.82, 2.24) is 4.98 Å². The van der Waals surface area contributed by atoms with Crippen molar-refractivity contribution < 1.29 is 9.62 Å². The van der Waals surface area contributed by atoms with Gasteiger partial charge in [-0.25, -0.2) is 4.98 Å². The van der Waals surface area contributed by atoms with Crippen LogP contribution in [-0.4, -0.2) is 10.2 Å². The third kappa shape index (κ3) is 1.03. The summed E-state index contributed by atoms with van der Waals surface area (Å²) in [6.45, 7) is 0. The van der Waals surface area contributed by atoms with Crippen molar-refractivity contribution in [2.75, 3.05) is 0 Å². The van der Waals surface area contributed by atoms with Crippen LogP contribution < -0.4 is 5.55 Å². The standard InChI is InChI=1S/C8H6N2O2/c11-10-8-5-9-6-3-1-2-4-7(6)12-8/h1-5,11H. The fourth-order valence-electron chi connectivity index (χ4n) is 0.960. The van der Waals surface area contributed by atoms with Crippen LogP contribution in [0.15, 0.2) is 40.0 Å². The highest BCUT2D eigenvalue weighted by atomic mass is 16.5. The fraction of sp³-hybridized carbons (Fsp3) is 0. The third-order valence-corrected chi connectivity index (χ3v) is 1.49. The van der Waals surface area contributed by atoms with Crippen LogP contribution in [0.5, 0.6) is 0 Å². The zero-order valence-electron chi connectivity index (χ0n) is 6.14. The molecular formula is C8H6N2O2. The van der Waals surface area contributed by atoms with Gasteiger partial charge in [0.25, 0.3) is 5.55 Å². The molecule has 0 bridgehead atoms. The molecule has 0 amide bonds. The smallest absolute Gasteiger partial charge is 0.274 e. The number of nitrogens with zero attached hydrogens (tertiary/aromatic N) is 2. The van der Waals surface area contributed by atoms with Gasteiger partial charge in [0, 0.05) is 0 Å². The van der Waals surface area contributed by atoms with Gasteiger partial charge in [0.2, 0.25) is 0 Å². The Morgan fingerprint density at radius 2 is 2.17 bits per heavy atom. The molecule has 0 unspecified atom stereocenters. The lowest BCUT2D eigenvalue weighted by atomic mass is 10.3. The molecule has 0 aliphatic rings. The summed E-state index contributed by atoms with van der Waals surface area (Å²) in [6, 6.07) is 7.27. The summed E-state index contributed by atoms with van der Waals surface area (Å²) in [7, 11) is 0. The fourth-order valence-corrected chi connectivity index (χ4v) is 0.960. The first-order valence-corrected chi connectivity index (χ1v) is 3.43. The van der Waals surface area contributed by atoms with Crippen LogP contribution in [0, 0.1) is 0 Å².